The molecule has 1 heterocycles. The van der Waals surface area contributed by atoms with Gasteiger partial charge >= 0.3 is 6.09 Å². The summed E-state index contributed by atoms with van der Waals surface area (Å²) in [6, 6.07) is 1.06. The zero-order valence-corrected chi connectivity index (χ0v) is 13.1. The lowest BCUT2D eigenvalue weighted by atomic mass is 9.90. The molecule has 1 aliphatic carbocycles. The number of amides is 1. The molecular weight excluding hydrogens is 254 g/mol. The van der Waals surface area contributed by atoms with E-state index in [1.807, 2.05) is 25.7 Å². The minimum atomic E-state index is -0.409. The minimum absolute atomic E-state index is 0.178. The van der Waals surface area contributed by atoms with Crippen LogP contribution in [0.3, 0.4) is 0 Å². The van der Waals surface area contributed by atoms with Crippen molar-refractivity contribution in [1.29, 1.82) is 0 Å². The number of nitrogens with zero attached hydrogens (tertiary/aromatic N) is 2. The third-order valence-electron chi connectivity index (χ3n) is 4.22. The molecule has 2 fully saturated rings. The third-order valence-corrected chi connectivity index (χ3v) is 4.22. The van der Waals surface area contributed by atoms with Crippen molar-refractivity contribution in [3.05, 3.63) is 0 Å². The van der Waals surface area contributed by atoms with Crippen molar-refractivity contribution in [2.45, 2.75) is 64.1 Å². The predicted octanol–water partition coefficient (Wildman–Crippen LogP) is 1.81. The van der Waals surface area contributed by atoms with E-state index in [0.29, 0.717) is 12.1 Å². The summed E-state index contributed by atoms with van der Waals surface area (Å²) in [5.41, 5.74) is 5.55. The number of hydrogen-bond donors (Lipinski definition) is 1. The normalized spacial score (nSPS) is 29.3. The van der Waals surface area contributed by atoms with Crippen LogP contribution in [0, 0.1) is 0 Å². The Morgan fingerprint density at radius 2 is 1.60 bits per heavy atom. The number of carbonyl (C=O) groups is 1. The molecule has 0 unspecified atom stereocenters. The Balaban J connectivity index is 1.76. The van der Waals surface area contributed by atoms with Gasteiger partial charge in [0.1, 0.15) is 5.60 Å². The summed E-state index contributed by atoms with van der Waals surface area (Å²) >= 11 is 0. The molecule has 2 aliphatic rings. The molecule has 1 saturated heterocycles. The first-order valence-electron chi connectivity index (χ1n) is 7.83. The summed E-state index contributed by atoms with van der Waals surface area (Å²) in [4.78, 5) is 16.4. The molecule has 0 aromatic carbocycles. The second-order valence-electron chi connectivity index (χ2n) is 7.07. The van der Waals surface area contributed by atoms with E-state index in [1.54, 1.807) is 0 Å². The number of nitrogens with two attached hydrogens (primary N) is 1. The molecule has 0 radical (unpaired) electrons. The molecule has 116 valence electrons. The Hall–Kier alpha value is -0.810. The van der Waals surface area contributed by atoms with Gasteiger partial charge in [-0.3, -0.25) is 4.90 Å². The van der Waals surface area contributed by atoms with Crippen molar-refractivity contribution in [1.82, 2.24) is 9.80 Å². The molecule has 0 aromatic heterocycles. The fraction of sp³-hybridized carbons (Fsp3) is 0.933. The molecule has 1 aliphatic heterocycles. The Bertz CT molecular complexity index is 325. The second-order valence-corrected chi connectivity index (χ2v) is 7.07. The van der Waals surface area contributed by atoms with Gasteiger partial charge in [0.05, 0.1) is 0 Å². The zero-order chi connectivity index (χ0) is 14.8. The van der Waals surface area contributed by atoms with Crippen molar-refractivity contribution in [2.24, 2.45) is 5.73 Å². The van der Waals surface area contributed by atoms with Gasteiger partial charge in [0.2, 0.25) is 0 Å². The quantitative estimate of drug-likeness (QED) is 0.797. The highest BCUT2D eigenvalue weighted by Crippen LogP contribution is 2.23. The maximum Gasteiger partial charge on any atom is 0.410 e. The molecule has 0 spiro atoms. The van der Waals surface area contributed by atoms with Gasteiger partial charge in [0.15, 0.2) is 0 Å². The van der Waals surface area contributed by atoms with Gasteiger partial charge in [-0.2, -0.15) is 0 Å². The van der Waals surface area contributed by atoms with Crippen LogP contribution in [-0.4, -0.2) is 59.8 Å². The van der Waals surface area contributed by atoms with E-state index in [0.717, 1.165) is 39.0 Å². The molecular formula is C15H29N3O2. The summed E-state index contributed by atoms with van der Waals surface area (Å²) in [5, 5.41) is 0. The number of piperazine rings is 1. The van der Waals surface area contributed by atoms with Gasteiger partial charge in [0, 0.05) is 38.3 Å². The molecule has 1 saturated carbocycles. The summed E-state index contributed by atoms with van der Waals surface area (Å²) in [6.07, 6.45) is 4.50. The lowest BCUT2D eigenvalue weighted by Crippen LogP contribution is -2.53. The zero-order valence-electron chi connectivity index (χ0n) is 13.1. The predicted molar refractivity (Wildman–Crippen MR) is 79.6 cm³/mol. The highest BCUT2D eigenvalue weighted by atomic mass is 16.6. The molecule has 1 amide bonds. The van der Waals surface area contributed by atoms with E-state index in [1.165, 1.54) is 12.8 Å². The number of rotatable bonds is 1. The average molecular weight is 283 g/mol. The van der Waals surface area contributed by atoms with Gasteiger partial charge in [-0.25, -0.2) is 4.79 Å². The van der Waals surface area contributed by atoms with Crippen LogP contribution in [-0.2, 0) is 4.74 Å². The molecule has 20 heavy (non-hydrogen) atoms. The largest absolute Gasteiger partial charge is 0.444 e. The van der Waals surface area contributed by atoms with Gasteiger partial charge in [-0.1, -0.05) is 0 Å². The number of hydrogen-bond acceptors (Lipinski definition) is 4. The van der Waals surface area contributed by atoms with Crippen molar-refractivity contribution >= 4 is 6.09 Å². The SMILES string of the molecule is CC(C)(C)OC(=O)N1CCN([C@H]2CC[C@H](N)CC2)CC1. The fourth-order valence-corrected chi connectivity index (χ4v) is 3.06. The molecule has 5 nitrogen and oxygen atoms in total. The van der Waals surface area contributed by atoms with Crippen LogP contribution >= 0.6 is 0 Å². The van der Waals surface area contributed by atoms with E-state index in [-0.39, 0.29) is 6.09 Å². The van der Waals surface area contributed by atoms with Gasteiger partial charge in [-0.15, -0.1) is 0 Å². The first-order chi connectivity index (χ1) is 9.35. The van der Waals surface area contributed by atoms with Gasteiger partial charge in [-0.05, 0) is 46.5 Å². The summed E-state index contributed by atoms with van der Waals surface area (Å²) < 4.78 is 5.42. The molecule has 0 bridgehead atoms. The van der Waals surface area contributed by atoms with Crippen LogP contribution in [0.15, 0.2) is 0 Å². The standard InChI is InChI=1S/C15H29N3O2/c1-15(2,3)20-14(19)18-10-8-17(9-11-18)13-6-4-12(16)5-7-13/h12-13H,4-11,16H2,1-3H3/t12-,13-. The van der Waals surface area contributed by atoms with Crippen LogP contribution in [0.4, 0.5) is 4.79 Å². The van der Waals surface area contributed by atoms with Gasteiger partial charge < -0.3 is 15.4 Å². The summed E-state index contributed by atoms with van der Waals surface area (Å²) in [7, 11) is 0. The lowest BCUT2D eigenvalue weighted by Gasteiger charge is -2.41. The Kier molecular flexibility index (Phi) is 4.91. The Morgan fingerprint density at radius 3 is 2.10 bits per heavy atom. The molecule has 2 rings (SSSR count). The van der Waals surface area contributed by atoms with Crippen LogP contribution in [0.5, 0.6) is 0 Å². The lowest BCUT2D eigenvalue weighted by molar-refractivity contribution is 0.00795. The van der Waals surface area contributed by atoms with Crippen LogP contribution in [0.2, 0.25) is 0 Å². The maximum absolute atomic E-state index is 12.0. The van der Waals surface area contributed by atoms with Crippen LogP contribution in [0.1, 0.15) is 46.5 Å². The van der Waals surface area contributed by atoms with Gasteiger partial charge in [0.25, 0.3) is 0 Å². The first kappa shape index (κ1) is 15.6. The summed E-state index contributed by atoms with van der Waals surface area (Å²) in [6.45, 7) is 9.19. The third kappa shape index (κ3) is 4.35. The van der Waals surface area contributed by atoms with E-state index >= 15 is 0 Å². The van der Waals surface area contributed by atoms with Crippen molar-refractivity contribution in [2.75, 3.05) is 26.2 Å². The van der Waals surface area contributed by atoms with E-state index in [2.05, 4.69) is 4.90 Å². The Labute approximate surface area is 122 Å². The van der Waals surface area contributed by atoms with Crippen molar-refractivity contribution < 1.29 is 9.53 Å². The maximum atomic E-state index is 12.0. The highest BCUT2D eigenvalue weighted by molar-refractivity contribution is 5.68. The van der Waals surface area contributed by atoms with E-state index in [9.17, 15) is 4.79 Å². The van der Waals surface area contributed by atoms with Crippen molar-refractivity contribution in [3.63, 3.8) is 0 Å². The van der Waals surface area contributed by atoms with Crippen LogP contribution in [0.25, 0.3) is 0 Å². The topological polar surface area (TPSA) is 58.8 Å². The first-order valence-corrected chi connectivity index (χ1v) is 7.83. The van der Waals surface area contributed by atoms with Crippen LogP contribution < -0.4 is 5.73 Å². The Morgan fingerprint density at radius 1 is 1.05 bits per heavy atom. The monoisotopic (exact) mass is 283 g/mol. The average Bonchev–Trinajstić information content (AvgIpc) is 2.38. The highest BCUT2D eigenvalue weighted by Gasteiger charge is 2.30. The molecule has 5 heteroatoms. The number of ether oxygens (including phenoxy) is 1. The number of carbonyl (C=O) groups excluding carboxylic acids is 1. The molecule has 2 N–H and O–H groups in total. The fourth-order valence-electron chi connectivity index (χ4n) is 3.06. The molecule has 0 atom stereocenters. The van der Waals surface area contributed by atoms with E-state index < -0.39 is 5.60 Å². The molecule has 0 aromatic rings. The smallest absolute Gasteiger partial charge is 0.410 e. The van der Waals surface area contributed by atoms with Crippen molar-refractivity contribution in [3.8, 4) is 0 Å². The minimum Gasteiger partial charge on any atom is -0.444 e. The van der Waals surface area contributed by atoms with E-state index in [4.69, 9.17) is 10.5 Å². The second kappa shape index (κ2) is 6.31. The summed E-state index contributed by atoms with van der Waals surface area (Å²) in [5.74, 6) is 0.